The number of aliphatic hydroxyl groups excluding tert-OH is 1. The van der Waals surface area contributed by atoms with Crippen LogP contribution in [-0.4, -0.2) is 65.7 Å². The SMILES string of the molecule is COc1ccc2ncc(Cl)c([C@H](O)CCC3(CC(=O)O)CCN(CCSc4ccccc4OC)CC3)c2c1. The highest BCUT2D eigenvalue weighted by Gasteiger charge is 2.37. The minimum atomic E-state index is -0.832. The van der Waals surface area contributed by atoms with E-state index >= 15 is 0 Å². The molecule has 9 heteroatoms. The van der Waals surface area contributed by atoms with Crippen LogP contribution in [0.25, 0.3) is 10.9 Å². The second-order valence-electron chi connectivity index (χ2n) is 9.87. The maximum Gasteiger partial charge on any atom is 0.303 e. The van der Waals surface area contributed by atoms with Crippen LogP contribution in [-0.2, 0) is 4.79 Å². The Balaban J connectivity index is 1.38. The molecule has 1 atom stereocenters. The van der Waals surface area contributed by atoms with Crippen molar-refractivity contribution in [1.29, 1.82) is 0 Å². The van der Waals surface area contributed by atoms with E-state index in [0.717, 1.165) is 59.8 Å². The number of hydrogen-bond donors (Lipinski definition) is 2. The second kappa shape index (κ2) is 13.0. The summed E-state index contributed by atoms with van der Waals surface area (Å²) in [4.78, 5) is 19.7. The molecule has 1 aliphatic heterocycles. The normalized spacial score (nSPS) is 16.3. The lowest BCUT2D eigenvalue weighted by molar-refractivity contribution is -0.141. The average molecular weight is 559 g/mol. The molecule has 0 bridgehead atoms. The molecule has 0 saturated carbocycles. The zero-order valence-corrected chi connectivity index (χ0v) is 23.4. The molecule has 2 heterocycles. The van der Waals surface area contributed by atoms with E-state index < -0.39 is 12.1 Å². The summed E-state index contributed by atoms with van der Waals surface area (Å²) < 4.78 is 10.8. The first-order valence-corrected chi connectivity index (χ1v) is 14.2. The number of likely N-dealkylation sites (tertiary alicyclic amines) is 1. The Bertz CT molecular complexity index is 1250. The number of halogens is 1. The van der Waals surface area contributed by atoms with Gasteiger partial charge in [0, 0.05) is 34.3 Å². The molecule has 0 unspecified atom stereocenters. The fourth-order valence-electron chi connectivity index (χ4n) is 5.33. The van der Waals surface area contributed by atoms with Crippen LogP contribution in [0.2, 0.25) is 5.02 Å². The highest BCUT2D eigenvalue weighted by molar-refractivity contribution is 7.99. The van der Waals surface area contributed by atoms with Crippen molar-refractivity contribution in [2.24, 2.45) is 5.41 Å². The summed E-state index contributed by atoms with van der Waals surface area (Å²) in [6.45, 7) is 2.60. The first-order valence-electron chi connectivity index (χ1n) is 12.8. The van der Waals surface area contributed by atoms with Crippen molar-refractivity contribution in [1.82, 2.24) is 9.88 Å². The number of aliphatic hydroxyl groups is 1. The van der Waals surface area contributed by atoms with Crippen LogP contribution < -0.4 is 9.47 Å². The molecule has 1 saturated heterocycles. The number of pyridine rings is 1. The minimum Gasteiger partial charge on any atom is -0.497 e. The molecule has 0 spiro atoms. The number of aromatic nitrogens is 1. The number of hydrogen-bond acceptors (Lipinski definition) is 7. The molecule has 204 valence electrons. The molecule has 0 aliphatic carbocycles. The molecule has 1 aliphatic rings. The lowest BCUT2D eigenvalue weighted by atomic mass is 9.71. The van der Waals surface area contributed by atoms with Gasteiger partial charge < -0.3 is 24.6 Å². The number of nitrogens with zero attached hydrogens (tertiary/aromatic N) is 2. The molecule has 2 N–H and O–H groups in total. The van der Waals surface area contributed by atoms with Crippen LogP contribution in [0.1, 0.15) is 43.8 Å². The van der Waals surface area contributed by atoms with E-state index in [-0.39, 0.29) is 11.8 Å². The Morgan fingerprint density at radius 1 is 1.18 bits per heavy atom. The molecule has 2 aromatic carbocycles. The third-order valence-corrected chi connectivity index (χ3v) is 8.86. The van der Waals surface area contributed by atoms with Crippen molar-refractivity contribution in [2.45, 2.75) is 43.1 Å². The Kier molecular flexibility index (Phi) is 9.76. The number of ether oxygens (including phenoxy) is 2. The Hall–Kier alpha value is -2.52. The molecular weight excluding hydrogens is 524 g/mol. The molecule has 1 aromatic heterocycles. The van der Waals surface area contributed by atoms with Crippen molar-refractivity contribution in [3.05, 3.63) is 59.2 Å². The fourth-order valence-corrected chi connectivity index (χ4v) is 6.64. The third kappa shape index (κ3) is 6.91. The summed E-state index contributed by atoms with van der Waals surface area (Å²) in [5.74, 6) is 1.68. The van der Waals surface area contributed by atoms with Gasteiger partial charge in [-0.2, -0.15) is 0 Å². The van der Waals surface area contributed by atoms with Crippen LogP contribution in [0.15, 0.2) is 53.6 Å². The van der Waals surface area contributed by atoms with Crippen LogP contribution in [0.5, 0.6) is 11.5 Å². The number of aliphatic carboxylic acids is 1. The van der Waals surface area contributed by atoms with Gasteiger partial charge >= 0.3 is 5.97 Å². The molecule has 7 nitrogen and oxygen atoms in total. The summed E-state index contributed by atoms with van der Waals surface area (Å²) >= 11 is 8.26. The van der Waals surface area contributed by atoms with Gasteiger partial charge in [-0.3, -0.25) is 9.78 Å². The summed E-state index contributed by atoms with van der Waals surface area (Å²) in [5, 5.41) is 22.1. The number of para-hydroxylation sites is 1. The standard InChI is InChI=1S/C29H35ClN2O5S/c1-36-20-7-8-23-21(17-20)28(22(30)19-31-23)24(33)9-10-29(18-27(34)35)11-13-32(14-12-29)15-16-38-26-6-4-3-5-25(26)37-2/h3-8,17,19,24,33H,9-16,18H2,1-2H3,(H,34,35)/t24-/m1/s1. The molecular formula is C29H35ClN2O5S. The van der Waals surface area contributed by atoms with Crippen LogP contribution in [0, 0.1) is 5.41 Å². The number of thioether (sulfide) groups is 1. The fraction of sp³-hybridized carbons (Fsp3) is 0.448. The monoisotopic (exact) mass is 558 g/mol. The predicted molar refractivity (Wildman–Crippen MR) is 152 cm³/mol. The summed E-state index contributed by atoms with van der Waals surface area (Å²) in [6, 6.07) is 13.5. The zero-order chi connectivity index (χ0) is 27.1. The Morgan fingerprint density at radius 2 is 1.95 bits per heavy atom. The highest BCUT2D eigenvalue weighted by atomic mass is 35.5. The van der Waals surface area contributed by atoms with Crippen molar-refractivity contribution in [2.75, 3.05) is 39.6 Å². The molecule has 38 heavy (non-hydrogen) atoms. The summed E-state index contributed by atoms with van der Waals surface area (Å²) in [5.41, 5.74) is 0.988. The van der Waals surface area contributed by atoms with Gasteiger partial charge in [0.15, 0.2) is 0 Å². The average Bonchev–Trinajstić information content (AvgIpc) is 2.92. The van der Waals surface area contributed by atoms with E-state index in [1.807, 2.05) is 36.4 Å². The van der Waals surface area contributed by atoms with Gasteiger partial charge in [-0.15, -0.1) is 11.8 Å². The van der Waals surface area contributed by atoms with E-state index in [1.54, 1.807) is 32.2 Å². The Morgan fingerprint density at radius 3 is 2.66 bits per heavy atom. The molecule has 4 rings (SSSR count). The van der Waals surface area contributed by atoms with Gasteiger partial charge in [-0.25, -0.2) is 0 Å². The van der Waals surface area contributed by atoms with E-state index in [9.17, 15) is 15.0 Å². The molecule has 1 fully saturated rings. The molecule has 0 radical (unpaired) electrons. The zero-order valence-electron chi connectivity index (χ0n) is 21.9. The number of carboxylic acids is 1. The van der Waals surface area contributed by atoms with Gasteiger partial charge in [-0.1, -0.05) is 23.7 Å². The number of benzene rings is 2. The minimum absolute atomic E-state index is 0.0994. The first kappa shape index (κ1) is 28.5. The predicted octanol–water partition coefficient (Wildman–Crippen LogP) is 6.07. The maximum atomic E-state index is 11.8. The van der Waals surface area contributed by atoms with Crippen LogP contribution >= 0.6 is 23.4 Å². The number of fused-ring (bicyclic) bond motifs is 1. The number of piperidine rings is 1. The molecule has 0 amide bonds. The van der Waals surface area contributed by atoms with Gasteiger partial charge in [0.05, 0.1) is 37.3 Å². The second-order valence-corrected chi connectivity index (χ2v) is 11.4. The van der Waals surface area contributed by atoms with Gasteiger partial charge in [0.1, 0.15) is 11.5 Å². The lowest BCUT2D eigenvalue weighted by Gasteiger charge is -2.41. The Labute approximate surface area is 233 Å². The number of carboxylic acid groups (broad SMARTS) is 1. The smallest absolute Gasteiger partial charge is 0.303 e. The lowest BCUT2D eigenvalue weighted by Crippen LogP contribution is -2.42. The number of carbonyl (C=O) groups is 1. The quantitative estimate of drug-likeness (QED) is 0.259. The van der Waals surface area contributed by atoms with Gasteiger partial charge in [0.2, 0.25) is 0 Å². The topological polar surface area (TPSA) is 92.1 Å². The van der Waals surface area contributed by atoms with Crippen molar-refractivity contribution >= 4 is 40.2 Å². The van der Waals surface area contributed by atoms with Crippen LogP contribution in [0.3, 0.4) is 0 Å². The van der Waals surface area contributed by atoms with E-state index in [0.29, 0.717) is 29.2 Å². The van der Waals surface area contributed by atoms with Crippen molar-refractivity contribution < 1.29 is 24.5 Å². The van der Waals surface area contributed by atoms with E-state index in [2.05, 4.69) is 16.0 Å². The summed E-state index contributed by atoms with van der Waals surface area (Å²) in [6.07, 6.45) is 3.42. The van der Waals surface area contributed by atoms with Gasteiger partial charge in [0.25, 0.3) is 0 Å². The van der Waals surface area contributed by atoms with Crippen molar-refractivity contribution in [3.8, 4) is 11.5 Å². The van der Waals surface area contributed by atoms with E-state index in [1.165, 1.54) is 0 Å². The highest BCUT2D eigenvalue weighted by Crippen LogP contribution is 2.43. The first-order chi connectivity index (χ1) is 18.3. The molecule has 3 aromatic rings. The van der Waals surface area contributed by atoms with Crippen molar-refractivity contribution in [3.63, 3.8) is 0 Å². The largest absolute Gasteiger partial charge is 0.497 e. The summed E-state index contributed by atoms with van der Waals surface area (Å²) in [7, 11) is 3.28. The van der Waals surface area contributed by atoms with Gasteiger partial charge in [-0.05, 0) is 74.5 Å². The third-order valence-electron chi connectivity index (χ3n) is 7.53. The van der Waals surface area contributed by atoms with Crippen LogP contribution in [0.4, 0.5) is 0 Å². The number of rotatable bonds is 12. The number of methoxy groups -OCH3 is 2. The van der Waals surface area contributed by atoms with E-state index in [4.69, 9.17) is 21.1 Å². The maximum absolute atomic E-state index is 11.8.